The first kappa shape index (κ1) is 10.7. The van der Waals surface area contributed by atoms with Gasteiger partial charge in [-0.15, -0.1) is 0 Å². The number of aliphatic imine (C=N–C) groups is 1. The van der Waals surface area contributed by atoms with Crippen LogP contribution in [0.2, 0.25) is 0 Å². The molecule has 74 valence electrons. The van der Waals surface area contributed by atoms with Gasteiger partial charge in [0.25, 0.3) is 0 Å². The Hall–Kier alpha value is -1.40. The summed E-state index contributed by atoms with van der Waals surface area (Å²) in [6.45, 7) is 4.87. The molecule has 1 rings (SSSR count). The maximum absolute atomic E-state index is 9.88. The number of isocyanates is 1. The zero-order valence-corrected chi connectivity index (χ0v) is 8.66. The van der Waals surface area contributed by atoms with E-state index in [9.17, 15) is 4.79 Å². The van der Waals surface area contributed by atoms with Crippen LogP contribution in [0, 0.1) is 0 Å². The Labute approximate surface area is 84.7 Å². The van der Waals surface area contributed by atoms with E-state index in [1.807, 2.05) is 0 Å². The van der Waals surface area contributed by atoms with Crippen molar-refractivity contribution in [2.24, 2.45) is 4.99 Å². The van der Waals surface area contributed by atoms with Gasteiger partial charge in [0.05, 0.1) is 6.54 Å². The highest BCUT2D eigenvalue weighted by atomic mass is 16.1. The van der Waals surface area contributed by atoms with Gasteiger partial charge in [-0.1, -0.05) is 38.1 Å². The van der Waals surface area contributed by atoms with Gasteiger partial charge in [-0.2, -0.15) is 0 Å². The van der Waals surface area contributed by atoms with Crippen LogP contribution in [0.15, 0.2) is 29.3 Å². The summed E-state index contributed by atoms with van der Waals surface area (Å²) >= 11 is 0. The van der Waals surface area contributed by atoms with Crippen LogP contribution in [0.25, 0.3) is 0 Å². The Balaban J connectivity index is 2.68. The number of hydrogen-bond acceptors (Lipinski definition) is 2. The molecule has 2 heteroatoms. The van der Waals surface area contributed by atoms with E-state index in [0.717, 1.165) is 6.42 Å². The first-order valence-corrected chi connectivity index (χ1v) is 4.86. The van der Waals surface area contributed by atoms with Crippen LogP contribution in [-0.4, -0.2) is 12.6 Å². The molecule has 0 N–H and O–H groups in total. The molecule has 2 nitrogen and oxygen atoms in total. The largest absolute Gasteiger partial charge is 0.234 e. The molecule has 0 bridgehead atoms. The molecular formula is C12H15NO. The van der Waals surface area contributed by atoms with E-state index >= 15 is 0 Å². The normalized spacial score (nSPS) is 9.93. The average molecular weight is 189 g/mol. The molecule has 0 spiro atoms. The van der Waals surface area contributed by atoms with E-state index in [2.05, 4.69) is 43.1 Å². The van der Waals surface area contributed by atoms with Crippen LogP contribution in [0.1, 0.15) is 30.9 Å². The zero-order chi connectivity index (χ0) is 10.4. The summed E-state index contributed by atoms with van der Waals surface area (Å²) in [7, 11) is 0. The molecule has 0 radical (unpaired) electrons. The third-order valence-electron chi connectivity index (χ3n) is 2.19. The van der Waals surface area contributed by atoms with Crippen molar-refractivity contribution in [1.82, 2.24) is 0 Å². The van der Waals surface area contributed by atoms with Crippen molar-refractivity contribution in [2.75, 3.05) is 6.54 Å². The molecule has 0 aliphatic rings. The van der Waals surface area contributed by atoms with Crippen molar-refractivity contribution in [3.63, 3.8) is 0 Å². The molecule has 14 heavy (non-hydrogen) atoms. The Morgan fingerprint density at radius 1 is 1.43 bits per heavy atom. The second-order valence-electron chi connectivity index (χ2n) is 3.62. The molecule has 0 unspecified atom stereocenters. The number of rotatable bonds is 4. The highest BCUT2D eigenvalue weighted by molar-refractivity contribution is 5.33. The minimum absolute atomic E-state index is 0.533. The Morgan fingerprint density at radius 3 is 2.86 bits per heavy atom. The summed E-state index contributed by atoms with van der Waals surface area (Å²) in [6.07, 6.45) is 2.37. The van der Waals surface area contributed by atoms with Crippen molar-refractivity contribution < 1.29 is 4.79 Å². The summed E-state index contributed by atoms with van der Waals surface area (Å²) < 4.78 is 0. The topological polar surface area (TPSA) is 29.4 Å². The van der Waals surface area contributed by atoms with Crippen molar-refractivity contribution in [3.8, 4) is 0 Å². The monoisotopic (exact) mass is 189 g/mol. The fourth-order valence-electron chi connectivity index (χ4n) is 1.34. The Bertz CT molecular complexity index is 338. The molecule has 0 saturated heterocycles. The average Bonchev–Trinajstić information content (AvgIpc) is 2.19. The lowest BCUT2D eigenvalue weighted by molar-refractivity contribution is 0.563. The molecule has 1 aromatic rings. The highest BCUT2D eigenvalue weighted by Crippen LogP contribution is 2.15. The predicted molar refractivity (Wildman–Crippen MR) is 57.2 cm³/mol. The van der Waals surface area contributed by atoms with Gasteiger partial charge >= 0.3 is 0 Å². The van der Waals surface area contributed by atoms with Gasteiger partial charge in [-0.05, 0) is 23.5 Å². The summed E-state index contributed by atoms with van der Waals surface area (Å²) in [4.78, 5) is 13.4. The van der Waals surface area contributed by atoms with Gasteiger partial charge < -0.3 is 0 Å². The third-order valence-corrected chi connectivity index (χ3v) is 2.19. The van der Waals surface area contributed by atoms with Crippen LogP contribution in [0.5, 0.6) is 0 Å². The second kappa shape index (κ2) is 5.36. The summed E-state index contributed by atoms with van der Waals surface area (Å²) in [5, 5.41) is 0. The lowest BCUT2D eigenvalue weighted by atomic mass is 10.00. The van der Waals surface area contributed by atoms with Gasteiger partial charge in [0.2, 0.25) is 6.08 Å². The Morgan fingerprint density at radius 2 is 2.21 bits per heavy atom. The van der Waals surface area contributed by atoms with E-state index in [1.54, 1.807) is 6.08 Å². The number of hydrogen-bond donors (Lipinski definition) is 0. The van der Waals surface area contributed by atoms with E-state index in [4.69, 9.17) is 0 Å². The predicted octanol–water partition coefficient (Wildman–Crippen LogP) is 2.69. The molecule has 0 fully saturated rings. The number of nitrogens with zero attached hydrogens (tertiary/aromatic N) is 1. The maximum Gasteiger partial charge on any atom is 0.234 e. The molecule has 1 aromatic carbocycles. The maximum atomic E-state index is 9.88. The van der Waals surface area contributed by atoms with Gasteiger partial charge in [0.1, 0.15) is 0 Å². The van der Waals surface area contributed by atoms with Crippen molar-refractivity contribution in [1.29, 1.82) is 0 Å². The minimum atomic E-state index is 0.533. The van der Waals surface area contributed by atoms with E-state index in [0.29, 0.717) is 12.5 Å². The molecule has 0 aromatic heterocycles. The lowest BCUT2D eigenvalue weighted by Gasteiger charge is -2.06. The van der Waals surface area contributed by atoms with Crippen molar-refractivity contribution in [2.45, 2.75) is 26.2 Å². The number of carbonyl (C=O) groups excluding carboxylic acids is 1. The quantitative estimate of drug-likeness (QED) is 0.529. The number of benzene rings is 1. The zero-order valence-electron chi connectivity index (χ0n) is 8.66. The summed E-state index contributed by atoms with van der Waals surface area (Å²) in [5.41, 5.74) is 2.56. The van der Waals surface area contributed by atoms with Gasteiger partial charge in [-0.3, -0.25) is 0 Å². The summed E-state index contributed by atoms with van der Waals surface area (Å²) in [5.74, 6) is 0.546. The molecule has 0 aliphatic carbocycles. The van der Waals surface area contributed by atoms with Crippen molar-refractivity contribution in [3.05, 3.63) is 35.4 Å². The smallest absolute Gasteiger partial charge is 0.211 e. The van der Waals surface area contributed by atoms with E-state index in [-0.39, 0.29) is 0 Å². The van der Waals surface area contributed by atoms with Crippen LogP contribution in [0.3, 0.4) is 0 Å². The molecule has 0 atom stereocenters. The van der Waals surface area contributed by atoms with Crippen LogP contribution in [-0.2, 0) is 11.2 Å². The fraction of sp³-hybridized carbons (Fsp3) is 0.417. The minimum Gasteiger partial charge on any atom is -0.211 e. The lowest BCUT2D eigenvalue weighted by Crippen LogP contribution is -1.93. The fourth-order valence-corrected chi connectivity index (χ4v) is 1.34. The highest BCUT2D eigenvalue weighted by Gasteiger charge is 1.99. The van der Waals surface area contributed by atoms with Gasteiger partial charge in [0, 0.05) is 0 Å². The second-order valence-corrected chi connectivity index (χ2v) is 3.62. The first-order valence-electron chi connectivity index (χ1n) is 4.86. The molecule has 0 heterocycles. The van der Waals surface area contributed by atoms with Gasteiger partial charge in [-0.25, -0.2) is 9.79 Å². The van der Waals surface area contributed by atoms with Crippen molar-refractivity contribution >= 4 is 6.08 Å². The first-order chi connectivity index (χ1) is 6.74. The molecule has 0 saturated carbocycles. The van der Waals surface area contributed by atoms with Crippen LogP contribution < -0.4 is 0 Å². The van der Waals surface area contributed by atoms with E-state index < -0.39 is 0 Å². The molecular weight excluding hydrogens is 174 g/mol. The van der Waals surface area contributed by atoms with E-state index in [1.165, 1.54) is 11.1 Å². The summed E-state index contributed by atoms with van der Waals surface area (Å²) in [6, 6.07) is 8.41. The Kier molecular flexibility index (Phi) is 4.09. The molecule has 0 aliphatic heterocycles. The van der Waals surface area contributed by atoms with Crippen LogP contribution >= 0.6 is 0 Å². The third kappa shape index (κ3) is 3.15. The van der Waals surface area contributed by atoms with Crippen LogP contribution in [0.4, 0.5) is 0 Å². The molecule has 0 amide bonds. The SMILES string of the molecule is CC(C)c1cccc(CCN=C=O)c1. The van der Waals surface area contributed by atoms with Gasteiger partial charge in [0.15, 0.2) is 0 Å². The standard InChI is InChI=1S/C12H15NO/c1-10(2)12-5-3-4-11(8-12)6-7-13-9-14/h3-5,8,10H,6-7H2,1-2H3.